The number of nitrogens with zero attached hydrogens (tertiary/aromatic N) is 5. The van der Waals surface area contributed by atoms with Crippen LogP contribution in [-0.4, -0.2) is 188 Å². The minimum atomic E-state index is -1.54. The number of thiocarbonyl (C=S) groups is 1. The number of aliphatic hydroxyl groups is 3. The Kier molecular flexibility index (Phi) is 18.3. The zero-order valence-corrected chi connectivity index (χ0v) is 49.4. The molecule has 2 spiro atoms. The minimum absolute atomic E-state index is 0. The molecule has 433 valence electrons. The van der Waals surface area contributed by atoms with E-state index in [1.165, 1.54) is 18.1 Å². The molecular weight excluding hydrogens is 1040 g/mol. The molecule has 16 nitrogen and oxygen atoms in total. The Balaban J connectivity index is 0.000000189. The maximum Gasteiger partial charge on any atom is 0.303 e. The lowest BCUT2D eigenvalue weighted by atomic mass is 9.47. The average Bonchev–Trinajstić information content (AvgIpc) is 2.03. The number of methoxy groups -OCH3 is 2. The van der Waals surface area contributed by atoms with Crippen molar-refractivity contribution in [2.24, 2.45) is 28.4 Å². The van der Waals surface area contributed by atoms with E-state index < -0.39 is 51.7 Å². The van der Waals surface area contributed by atoms with E-state index in [-0.39, 0.29) is 70.2 Å². The molecule has 0 aromatic heterocycles. The molecule has 7 aliphatic heterocycles. The number of nitrogens with one attached hydrogen (secondary N) is 1. The maximum absolute atomic E-state index is 12.9. The summed E-state index contributed by atoms with van der Waals surface area (Å²) >= 11 is 6.63. The van der Waals surface area contributed by atoms with Crippen molar-refractivity contribution in [3.63, 3.8) is 0 Å². The first-order chi connectivity index (χ1) is 36.6. The maximum atomic E-state index is 12.9. The fourth-order valence-corrected chi connectivity index (χ4v) is 18.0. The number of carbonyl (C=O) groups excluding carboxylic acids is 3. The second-order valence-corrected chi connectivity index (χ2v) is 25.8. The van der Waals surface area contributed by atoms with E-state index in [1.54, 1.807) is 30.9 Å². The number of nitrogens with two attached hydrogens (primary N) is 1. The van der Waals surface area contributed by atoms with E-state index in [0.29, 0.717) is 25.2 Å². The molecule has 2 aliphatic carbocycles. The number of aliphatic hydroxyl groups excluding tert-OH is 1. The van der Waals surface area contributed by atoms with Gasteiger partial charge in [0, 0.05) is 131 Å². The van der Waals surface area contributed by atoms with Gasteiger partial charge in [0.05, 0.1) is 39.0 Å². The lowest BCUT2D eigenvalue weighted by Gasteiger charge is -2.64. The summed E-state index contributed by atoms with van der Waals surface area (Å²) in [6, 6.07) is 11.9. The Morgan fingerprint density at radius 3 is 1.72 bits per heavy atom. The standard InChI is InChI=1S/C29H41N3O5.C22H31N3O3.C8H13NOS2.CH4.B/c1-7-27-11-8-13-32-14-12-28(24(27)32)21-10-9-20(36-6)16-22(21)31(5)25(28)29(35,26(27)37-19(4)33)17-30-23(34)15-18(2)3;1-4-20-8-5-10-25-11-9-21(17(20)25)15-7-6-14(28-3)12-16(15)24(2)18(21)22(27,13-23)19(20)26;1-6(2)5-7(10)9-3-4-12-8(9)11;;/h8-11,16,18,24-26,35H,7,12-15,17H2,1-6H3,(H,30,34);5-8,12,17-19,26-27H,4,9-11,13,23H2,1-3H3;6H,3-5H2,1-2H3;1H4;/t24-,25+,26+,27+,28+,29-;17-,18+,19+,20+,21+,22-;;;/m00.../s1. The van der Waals surface area contributed by atoms with Crippen LogP contribution in [0.2, 0.25) is 0 Å². The summed E-state index contributed by atoms with van der Waals surface area (Å²) in [6.07, 6.45) is 11.2. The third-order valence-corrected chi connectivity index (χ3v) is 20.8. The quantitative estimate of drug-likeness (QED) is 0.0759. The van der Waals surface area contributed by atoms with Gasteiger partial charge in [-0.15, -0.1) is 0 Å². The molecule has 12 atom stereocenters. The van der Waals surface area contributed by atoms with Crippen LogP contribution in [0.1, 0.15) is 106 Å². The van der Waals surface area contributed by atoms with Gasteiger partial charge in [0.15, 0.2) is 0 Å². The van der Waals surface area contributed by atoms with Gasteiger partial charge in [-0.3, -0.25) is 29.1 Å². The molecule has 2 aromatic rings. The van der Waals surface area contributed by atoms with Crippen LogP contribution in [0.15, 0.2) is 60.7 Å². The van der Waals surface area contributed by atoms with Crippen LogP contribution < -0.4 is 30.3 Å². The lowest BCUT2D eigenvalue weighted by molar-refractivity contribution is -0.217. The topological polar surface area (TPSA) is 194 Å². The molecule has 0 bridgehead atoms. The third kappa shape index (κ3) is 9.43. The molecule has 11 rings (SSSR count). The number of fused-ring (bicyclic) bond motifs is 2. The fourth-order valence-electron chi connectivity index (χ4n) is 16.7. The molecule has 19 heteroatoms. The van der Waals surface area contributed by atoms with Crippen molar-refractivity contribution in [1.29, 1.82) is 0 Å². The highest BCUT2D eigenvalue weighted by molar-refractivity contribution is 8.23. The number of amides is 2. The lowest BCUT2D eigenvalue weighted by Crippen LogP contribution is -2.81. The molecule has 3 radical (unpaired) electrons. The molecule has 2 aromatic carbocycles. The van der Waals surface area contributed by atoms with Gasteiger partial charge in [0.1, 0.15) is 33.1 Å². The second-order valence-electron chi connectivity index (χ2n) is 24.1. The summed E-state index contributed by atoms with van der Waals surface area (Å²) in [5, 5.41) is 39.5. The van der Waals surface area contributed by atoms with Gasteiger partial charge in [-0.25, -0.2) is 0 Å². The SMILES string of the molecule is C.CC(C)CC(=O)N1CCSC1=S.CC[C@]12C=CCN3CC[C@@]4(c5ccc(OC)cc5N(C)[C@H]4[C@@](O)(CN)[C@@H]1O)[C@@H]32.CC[C@]12C=CCN3CC[C@@]4(c5ccc(OC)cc5N(C)[C@H]4[C@@](O)(CNC(=O)CC(C)C)[C@@H]1OC(C)=O)[C@@H]32.[B]. The molecule has 9 aliphatic rings. The molecule has 5 fully saturated rings. The van der Waals surface area contributed by atoms with E-state index >= 15 is 0 Å². The van der Waals surface area contributed by atoms with Crippen molar-refractivity contribution in [1.82, 2.24) is 20.0 Å². The number of benzene rings is 2. The van der Waals surface area contributed by atoms with Crippen molar-refractivity contribution >= 4 is 65.9 Å². The van der Waals surface area contributed by atoms with E-state index in [9.17, 15) is 29.7 Å². The van der Waals surface area contributed by atoms with Crippen LogP contribution in [0, 0.1) is 22.7 Å². The summed E-state index contributed by atoms with van der Waals surface area (Å²) in [5.41, 5.74) is 5.98. The number of anilines is 2. The number of rotatable bonds is 12. The van der Waals surface area contributed by atoms with Gasteiger partial charge in [-0.2, -0.15) is 0 Å². The van der Waals surface area contributed by atoms with Gasteiger partial charge >= 0.3 is 5.97 Å². The number of likely N-dealkylation sites (N-methyl/N-ethyl adjacent to an activating group) is 2. The Hall–Kier alpha value is -4.21. The van der Waals surface area contributed by atoms with Gasteiger partial charge in [-0.1, -0.05) is 109 Å². The van der Waals surface area contributed by atoms with Crippen LogP contribution in [0.3, 0.4) is 0 Å². The smallest absolute Gasteiger partial charge is 0.303 e. The average molecular weight is 1130 g/mol. The van der Waals surface area contributed by atoms with E-state index in [0.717, 1.165) is 84.9 Å². The highest BCUT2D eigenvalue weighted by Gasteiger charge is 2.79. The predicted molar refractivity (Wildman–Crippen MR) is 319 cm³/mol. The minimum Gasteiger partial charge on any atom is -0.497 e. The predicted octanol–water partition coefficient (Wildman–Crippen LogP) is 5.63. The van der Waals surface area contributed by atoms with Gasteiger partial charge in [-0.05, 0) is 73.9 Å². The van der Waals surface area contributed by atoms with Crippen molar-refractivity contribution in [3.05, 3.63) is 71.8 Å². The van der Waals surface area contributed by atoms with Crippen molar-refractivity contribution in [3.8, 4) is 11.5 Å². The molecule has 7 heterocycles. The Morgan fingerprint density at radius 1 is 0.785 bits per heavy atom. The summed E-state index contributed by atoms with van der Waals surface area (Å²) in [7, 11) is 7.35. The Morgan fingerprint density at radius 2 is 1.28 bits per heavy atom. The molecular formula is C60H89BN7O9S2. The first kappa shape index (κ1) is 62.4. The van der Waals surface area contributed by atoms with E-state index in [1.807, 2.05) is 60.0 Å². The van der Waals surface area contributed by atoms with Crippen molar-refractivity contribution in [2.75, 3.05) is 89.7 Å². The van der Waals surface area contributed by atoms with E-state index in [2.05, 4.69) is 81.3 Å². The molecule has 0 unspecified atom stereocenters. The highest BCUT2D eigenvalue weighted by Crippen LogP contribution is 2.68. The fraction of sp³-hybridized carbons (Fsp3) is 0.667. The monoisotopic (exact) mass is 1130 g/mol. The number of hydrogen-bond donors (Lipinski definition) is 5. The Bertz CT molecular complexity index is 2680. The van der Waals surface area contributed by atoms with Crippen LogP contribution in [0.25, 0.3) is 0 Å². The Labute approximate surface area is 481 Å². The molecule has 79 heavy (non-hydrogen) atoms. The van der Waals surface area contributed by atoms with Gasteiger partial charge < -0.3 is 50.4 Å². The normalized spacial score (nSPS) is 34.8. The number of ether oxygens (including phenoxy) is 3. The van der Waals surface area contributed by atoms with Crippen molar-refractivity contribution in [2.45, 2.75) is 153 Å². The molecule has 6 N–H and O–H groups in total. The van der Waals surface area contributed by atoms with Gasteiger partial charge in [0.2, 0.25) is 11.8 Å². The number of carbonyl (C=O) groups is 3. The first-order valence-corrected chi connectivity index (χ1v) is 29.4. The van der Waals surface area contributed by atoms with Crippen LogP contribution >= 0.6 is 24.0 Å². The van der Waals surface area contributed by atoms with E-state index in [4.69, 9.17) is 32.2 Å². The highest BCUT2D eigenvalue weighted by atomic mass is 32.2. The second kappa shape index (κ2) is 23.2. The number of thioether (sulfide) groups is 1. The summed E-state index contributed by atoms with van der Waals surface area (Å²) in [4.78, 5) is 47.9. The first-order valence-electron chi connectivity index (χ1n) is 28.0. The van der Waals surface area contributed by atoms with Crippen molar-refractivity contribution < 1.29 is 43.9 Å². The summed E-state index contributed by atoms with van der Waals surface area (Å²) < 4.78 is 17.9. The largest absolute Gasteiger partial charge is 0.497 e. The number of hydrogen-bond acceptors (Lipinski definition) is 16. The van der Waals surface area contributed by atoms with Gasteiger partial charge in [0.25, 0.3) is 0 Å². The summed E-state index contributed by atoms with van der Waals surface area (Å²) in [5.74, 6) is 2.77. The van der Waals surface area contributed by atoms with Crippen LogP contribution in [-0.2, 0) is 30.0 Å². The summed E-state index contributed by atoms with van der Waals surface area (Å²) in [6.45, 7) is 18.1. The molecule has 2 saturated carbocycles. The molecule has 3 saturated heterocycles. The zero-order valence-electron chi connectivity index (χ0n) is 47.8. The molecule has 2 amide bonds. The van der Waals surface area contributed by atoms with Crippen LogP contribution in [0.5, 0.6) is 11.5 Å². The number of esters is 1. The van der Waals surface area contributed by atoms with Crippen LogP contribution in [0.4, 0.5) is 11.4 Å². The zero-order chi connectivity index (χ0) is 55.8. The third-order valence-electron chi connectivity index (χ3n) is 19.3.